The number of halogens is 1. The zero-order chi connectivity index (χ0) is 14.8. The molecule has 1 saturated carbocycles. The second kappa shape index (κ2) is 6.41. The minimum atomic E-state index is -0.319. The SMILES string of the molecule is NC(=S)c1cc(CN2CCCC2C2CCCC2)ccc1F. The van der Waals surface area contributed by atoms with Crippen LogP contribution in [0.2, 0.25) is 0 Å². The minimum Gasteiger partial charge on any atom is -0.389 e. The van der Waals surface area contributed by atoms with E-state index < -0.39 is 0 Å². The second-order valence-electron chi connectivity index (χ2n) is 6.40. The molecule has 0 spiro atoms. The van der Waals surface area contributed by atoms with Crippen LogP contribution in [0.1, 0.15) is 49.7 Å². The summed E-state index contributed by atoms with van der Waals surface area (Å²) in [6.07, 6.45) is 8.12. The number of nitrogens with zero attached hydrogens (tertiary/aromatic N) is 1. The Labute approximate surface area is 131 Å². The Morgan fingerprint density at radius 1 is 1.24 bits per heavy atom. The van der Waals surface area contributed by atoms with Gasteiger partial charge in [-0.2, -0.15) is 0 Å². The van der Waals surface area contributed by atoms with Gasteiger partial charge in [0, 0.05) is 18.2 Å². The van der Waals surface area contributed by atoms with E-state index in [0.29, 0.717) is 11.6 Å². The lowest BCUT2D eigenvalue weighted by atomic mass is 9.95. The van der Waals surface area contributed by atoms with E-state index in [1.54, 1.807) is 0 Å². The maximum Gasteiger partial charge on any atom is 0.133 e. The van der Waals surface area contributed by atoms with Crippen molar-refractivity contribution in [2.75, 3.05) is 6.54 Å². The van der Waals surface area contributed by atoms with Crippen LogP contribution in [0.4, 0.5) is 4.39 Å². The number of hydrogen-bond donors (Lipinski definition) is 1. The Balaban J connectivity index is 1.73. The number of nitrogens with two attached hydrogens (primary N) is 1. The molecule has 1 heterocycles. The summed E-state index contributed by atoms with van der Waals surface area (Å²) in [5, 5.41) is 0. The molecule has 4 heteroatoms. The highest BCUT2D eigenvalue weighted by Gasteiger charge is 2.33. The van der Waals surface area contributed by atoms with Gasteiger partial charge in [-0.05, 0) is 55.8 Å². The highest BCUT2D eigenvalue weighted by molar-refractivity contribution is 7.80. The summed E-state index contributed by atoms with van der Waals surface area (Å²) in [5.74, 6) is 0.544. The van der Waals surface area contributed by atoms with Gasteiger partial charge in [0.25, 0.3) is 0 Å². The van der Waals surface area contributed by atoms with Crippen LogP contribution in [-0.2, 0) is 6.54 Å². The molecular weight excluding hydrogens is 283 g/mol. The Hall–Kier alpha value is -1.00. The average Bonchev–Trinajstić information content (AvgIpc) is 3.11. The van der Waals surface area contributed by atoms with Crippen molar-refractivity contribution in [3.63, 3.8) is 0 Å². The number of benzene rings is 1. The summed E-state index contributed by atoms with van der Waals surface area (Å²) < 4.78 is 13.7. The van der Waals surface area contributed by atoms with Crippen LogP contribution in [0.5, 0.6) is 0 Å². The van der Waals surface area contributed by atoms with Crippen molar-refractivity contribution < 1.29 is 4.39 Å². The van der Waals surface area contributed by atoms with Gasteiger partial charge in [-0.1, -0.05) is 31.1 Å². The number of thiocarbonyl (C=S) groups is 1. The standard InChI is InChI=1S/C17H23FN2S/c18-15-8-7-12(10-14(15)17(19)21)11-20-9-3-6-16(20)13-4-1-2-5-13/h7-8,10,13,16H,1-6,9,11H2,(H2,19,21). The molecule has 2 fully saturated rings. The van der Waals surface area contributed by atoms with Crippen molar-refractivity contribution in [2.24, 2.45) is 11.7 Å². The van der Waals surface area contributed by atoms with Gasteiger partial charge in [0.2, 0.25) is 0 Å². The molecule has 114 valence electrons. The average molecular weight is 306 g/mol. The molecule has 1 aromatic rings. The first-order valence-corrected chi connectivity index (χ1v) is 8.38. The maximum atomic E-state index is 13.7. The van der Waals surface area contributed by atoms with Crippen molar-refractivity contribution in [1.29, 1.82) is 0 Å². The first kappa shape index (κ1) is 14.9. The van der Waals surface area contributed by atoms with E-state index in [1.165, 1.54) is 44.6 Å². The number of rotatable bonds is 4. The largest absolute Gasteiger partial charge is 0.389 e. The summed E-state index contributed by atoms with van der Waals surface area (Å²) >= 11 is 4.93. The Bertz CT molecular complexity index is 526. The van der Waals surface area contributed by atoms with Gasteiger partial charge < -0.3 is 5.73 Å². The molecule has 2 nitrogen and oxygen atoms in total. The third-order valence-electron chi connectivity index (χ3n) is 5.04. The summed E-state index contributed by atoms with van der Waals surface area (Å²) in [5.41, 5.74) is 7.09. The zero-order valence-corrected chi connectivity index (χ0v) is 13.2. The van der Waals surface area contributed by atoms with Crippen LogP contribution in [0.15, 0.2) is 18.2 Å². The Morgan fingerprint density at radius 2 is 2.00 bits per heavy atom. The van der Waals surface area contributed by atoms with Crippen LogP contribution < -0.4 is 5.73 Å². The van der Waals surface area contributed by atoms with Gasteiger partial charge in [-0.3, -0.25) is 4.90 Å². The number of likely N-dealkylation sites (tertiary alicyclic amines) is 1. The van der Waals surface area contributed by atoms with Gasteiger partial charge in [-0.15, -0.1) is 0 Å². The molecule has 2 aliphatic rings. The molecule has 3 rings (SSSR count). The zero-order valence-electron chi connectivity index (χ0n) is 12.4. The van der Waals surface area contributed by atoms with E-state index in [4.69, 9.17) is 18.0 Å². The van der Waals surface area contributed by atoms with E-state index in [9.17, 15) is 4.39 Å². The van der Waals surface area contributed by atoms with Gasteiger partial charge >= 0.3 is 0 Å². The first-order valence-electron chi connectivity index (χ1n) is 7.97. The predicted molar refractivity (Wildman–Crippen MR) is 87.7 cm³/mol. The van der Waals surface area contributed by atoms with E-state index in [0.717, 1.165) is 24.6 Å². The molecule has 21 heavy (non-hydrogen) atoms. The molecule has 0 aromatic heterocycles. The van der Waals surface area contributed by atoms with Crippen molar-refractivity contribution in [3.05, 3.63) is 35.1 Å². The monoisotopic (exact) mass is 306 g/mol. The molecule has 0 amide bonds. The first-order chi connectivity index (χ1) is 10.1. The molecular formula is C17H23FN2S. The van der Waals surface area contributed by atoms with Gasteiger partial charge in [0.05, 0.1) is 0 Å². The Morgan fingerprint density at radius 3 is 2.71 bits per heavy atom. The van der Waals surface area contributed by atoms with Gasteiger partial charge in [0.15, 0.2) is 0 Å². The Kier molecular flexibility index (Phi) is 4.55. The molecule has 1 aliphatic carbocycles. The lowest BCUT2D eigenvalue weighted by Crippen LogP contribution is -2.34. The predicted octanol–water partition coefficient (Wildman–Crippen LogP) is 3.61. The fourth-order valence-electron chi connectivity index (χ4n) is 4.02. The highest BCUT2D eigenvalue weighted by Crippen LogP contribution is 2.36. The third kappa shape index (κ3) is 3.27. The second-order valence-corrected chi connectivity index (χ2v) is 6.84. The van der Waals surface area contributed by atoms with E-state index in [2.05, 4.69) is 4.90 Å². The van der Waals surface area contributed by atoms with Crippen molar-refractivity contribution in [2.45, 2.75) is 51.1 Å². The van der Waals surface area contributed by atoms with Gasteiger partial charge in [-0.25, -0.2) is 4.39 Å². The normalized spacial score (nSPS) is 23.8. The van der Waals surface area contributed by atoms with Crippen LogP contribution in [0, 0.1) is 11.7 Å². The lowest BCUT2D eigenvalue weighted by molar-refractivity contribution is 0.183. The van der Waals surface area contributed by atoms with Crippen molar-refractivity contribution in [1.82, 2.24) is 4.90 Å². The molecule has 0 bridgehead atoms. The fraction of sp³-hybridized carbons (Fsp3) is 0.588. The number of hydrogen-bond acceptors (Lipinski definition) is 2. The summed E-state index contributed by atoms with van der Waals surface area (Å²) in [6, 6.07) is 5.89. The van der Waals surface area contributed by atoms with E-state index in [-0.39, 0.29) is 10.8 Å². The molecule has 2 N–H and O–H groups in total. The fourth-order valence-corrected chi connectivity index (χ4v) is 4.17. The molecule has 1 saturated heterocycles. The van der Waals surface area contributed by atoms with Crippen molar-refractivity contribution >= 4 is 17.2 Å². The smallest absolute Gasteiger partial charge is 0.133 e. The maximum absolute atomic E-state index is 13.7. The molecule has 1 aliphatic heterocycles. The quantitative estimate of drug-likeness (QED) is 0.862. The van der Waals surface area contributed by atoms with Crippen LogP contribution >= 0.6 is 12.2 Å². The third-order valence-corrected chi connectivity index (χ3v) is 5.26. The van der Waals surface area contributed by atoms with Crippen molar-refractivity contribution in [3.8, 4) is 0 Å². The highest BCUT2D eigenvalue weighted by atomic mass is 32.1. The van der Waals surface area contributed by atoms with E-state index >= 15 is 0 Å². The van der Waals surface area contributed by atoms with Crippen LogP contribution in [0.3, 0.4) is 0 Å². The molecule has 1 aromatic carbocycles. The summed E-state index contributed by atoms with van der Waals surface area (Å²) in [4.78, 5) is 2.72. The van der Waals surface area contributed by atoms with Crippen LogP contribution in [0.25, 0.3) is 0 Å². The molecule has 1 atom stereocenters. The topological polar surface area (TPSA) is 29.3 Å². The van der Waals surface area contributed by atoms with E-state index in [1.807, 2.05) is 12.1 Å². The van der Waals surface area contributed by atoms with Gasteiger partial charge in [0.1, 0.15) is 10.8 Å². The molecule has 1 unspecified atom stereocenters. The summed E-state index contributed by atoms with van der Waals surface area (Å²) in [6.45, 7) is 2.04. The lowest BCUT2D eigenvalue weighted by Gasteiger charge is -2.29. The summed E-state index contributed by atoms with van der Waals surface area (Å²) in [7, 11) is 0. The minimum absolute atomic E-state index is 0.142. The molecule has 0 radical (unpaired) electrons. The van der Waals surface area contributed by atoms with Crippen LogP contribution in [-0.4, -0.2) is 22.5 Å².